The van der Waals surface area contributed by atoms with Crippen LogP contribution in [0.5, 0.6) is 5.88 Å². The number of aromatic nitrogens is 4. The topological polar surface area (TPSA) is 85.5 Å². The molecular weight excluding hydrogens is 442 g/mol. The summed E-state index contributed by atoms with van der Waals surface area (Å²) in [6, 6.07) is 1.55. The summed E-state index contributed by atoms with van der Waals surface area (Å²) in [6.45, 7) is 5.63. The summed E-state index contributed by atoms with van der Waals surface area (Å²) in [6.07, 6.45) is 9.29. The number of hydrogen-bond acceptors (Lipinski definition) is 6. The molecule has 1 aromatic carbocycles. The number of ether oxygens (including phenoxy) is 1. The highest BCUT2D eigenvalue weighted by atomic mass is 19.1. The van der Waals surface area contributed by atoms with Gasteiger partial charge in [0.15, 0.2) is 0 Å². The lowest BCUT2D eigenvalue weighted by Gasteiger charge is -2.23. The molecular formula is C24H24F2N6O2. The van der Waals surface area contributed by atoms with E-state index in [1.54, 1.807) is 12.5 Å². The lowest BCUT2D eigenvalue weighted by molar-refractivity contribution is -0.129. The quantitative estimate of drug-likeness (QED) is 0.368. The summed E-state index contributed by atoms with van der Waals surface area (Å²) < 4.78 is 35.9. The van der Waals surface area contributed by atoms with Crippen LogP contribution in [0.4, 0.5) is 8.78 Å². The number of benzene rings is 1. The first-order valence-electron chi connectivity index (χ1n) is 10.8. The molecule has 2 aromatic heterocycles. The monoisotopic (exact) mass is 466 g/mol. The van der Waals surface area contributed by atoms with Gasteiger partial charge in [0.25, 0.3) is 5.91 Å². The van der Waals surface area contributed by atoms with Crippen molar-refractivity contribution in [3.05, 3.63) is 72.0 Å². The van der Waals surface area contributed by atoms with Gasteiger partial charge in [0.1, 0.15) is 23.0 Å². The molecule has 10 heteroatoms. The molecule has 8 nitrogen and oxygen atoms in total. The third-order valence-electron chi connectivity index (χ3n) is 5.45. The van der Waals surface area contributed by atoms with Crippen LogP contribution in [0.15, 0.2) is 54.3 Å². The smallest absolute Gasteiger partial charge is 0.269 e. The number of nitrogens with zero attached hydrogens (tertiary/aromatic N) is 6. The van der Waals surface area contributed by atoms with Gasteiger partial charge >= 0.3 is 0 Å². The van der Waals surface area contributed by atoms with Gasteiger partial charge < -0.3 is 9.30 Å². The Kier molecular flexibility index (Phi) is 6.76. The number of rotatable bonds is 8. The van der Waals surface area contributed by atoms with Gasteiger partial charge in [-0.05, 0) is 37.5 Å². The second-order valence-corrected chi connectivity index (χ2v) is 8.04. The minimum Gasteiger partial charge on any atom is -0.477 e. The van der Waals surface area contributed by atoms with Crippen LogP contribution < -0.4 is 4.74 Å². The molecule has 3 aromatic rings. The number of hydrazone groups is 1. The Balaban J connectivity index is 1.29. The van der Waals surface area contributed by atoms with E-state index in [4.69, 9.17) is 4.74 Å². The maximum Gasteiger partial charge on any atom is 0.269 e. The fraction of sp³-hybridized carbons (Fsp3) is 0.292. The van der Waals surface area contributed by atoms with E-state index in [-0.39, 0.29) is 11.1 Å². The van der Waals surface area contributed by atoms with Gasteiger partial charge in [-0.2, -0.15) is 5.10 Å². The average molecular weight is 466 g/mol. The van der Waals surface area contributed by atoms with Crippen LogP contribution >= 0.6 is 0 Å². The zero-order valence-electron chi connectivity index (χ0n) is 18.9. The molecule has 1 amide bonds. The Labute approximate surface area is 195 Å². The molecule has 1 aliphatic rings. The highest BCUT2D eigenvalue weighted by Gasteiger charge is 2.31. The van der Waals surface area contributed by atoms with E-state index >= 15 is 0 Å². The molecule has 0 saturated carbocycles. The lowest BCUT2D eigenvalue weighted by Crippen LogP contribution is -2.29. The molecule has 34 heavy (non-hydrogen) atoms. The molecule has 0 radical (unpaired) electrons. The molecule has 0 N–H and O–H groups in total. The van der Waals surface area contributed by atoms with Gasteiger partial charge in [-0.1, -0.05) is 6.58 Å². The van der Waals surface area contributed by atoms with E-state index in [0.717, 1.165) is 17.1 Å². The highest BCUT2D eigenvalue weighted by Crippen LogP contribution is 2.32. The summed E-state index contributed by atoms with van der Waals surface area (Å²) in [4.78, 5) is 25.6. The molecule has 1 unspecified atom stereocenters. The Hall–Kier alpha value is -3.95. The van der Waals surface area contributed by atoms with Crippen molar-refractivity contribution in [3.63, 3.8) is 0 Å². The first kappa shape index (κ1) is 23.2. The number of halogens is 2. The summed E-state index contributed by atoms with van der Waals surface area (Å²) in [7, 11) is 1.87. The van der Waals surface area contributed by atoms with Gasteiger partial charge in [-0.3, -0.25) is 4.79 Å². The number of carbonyl (C=O) groups excluding carboxylic acids is 1. The Morgan fingerprint density at radius 2 is 2.00 bits per heavy atom. The number of carbonyl (C=O) groups is 1. The lowest BCUT2D eigenvalue weighted by atomic mass is 10.0. The molecule has 1 aliphatic heterocycles. The van der Waals surface area contributed by atoms with Gasteiger partial charge in [0.2, 0.25) is 5.88 Å². The minimum absolute atomic E-state index is 0.0952. The number of imidazole rings is 1. The second-order valence-electron chi connectivity index (χ2n) is 8.04. The van der Waals surface area contributed by atoms with Crippen LogP contribution in [0.2, 0.25) is 0 Å². The molecule has 0 spiro atoms. The molecule has 4 rings (SSSR count). The van der Waals surface area contributed by atoms with Crippen molar-refractivity contribution in [2.24, 2.45) is 12.1 Å². The van der Waals surface area contributed by atoms with E-state index in [0.29, 0.717) is 48.7 Å². The van der Waals surface area contributed by atoms with Crippen LogP contribution in [0.1, 0.15) is 36.4 Å². The van der Waals surface area contributed by atoms with Crippen LogP contribution in [0.25, 0.3) is 11.4 Å². The Morgan fingerprint density at radius 1 is 1.18 bits per heavy atom. The van der Waals surface area contributed by atoms with Crippen molar-refractivity contribution < 1.29 is 18.3 Å². The molecule has 176 valence electrons. The second kappa shape index (κ2) is 9.90. The largest absolute Gasteiger partial charge is 0.477 e. The van der Waals surface area contributed by atoms with Crippen LogP contribution in [-0.2, 0) is 11.8 Å². The van der Waals surface area contributed by atoms with Crippen molar-refractivity contribution in [2.75, 3.05) is 6.61 Å². The normalized spacial score (nSPS) is 15.1. The Bertz CT molecular complexity index is 1240. The van der Waals surface area contributed by atoms with Crippen LogP contribution in [0, 0.1) is 18.6 Å². The van der Waals surface area contributed by atoms with Gasteiger partial charge in [-0.25, -0.2) is 28.7 Å². The van der Waals surface area contributed by atoms with Gasteiger partial charge in [0.05, 0.1) is 31.4 Å². The SMILES string of the molecule is C=C(CCCOc1cnc(-c2cn(C)cn2)cn1)C(=O)N1N=CCC1c1cc(F)c(C)cc1F. The summed E-state index contributed by atoms with van der Waals surface area (Å²) in [5.41, 5.74) is 1.96. The van der Waals surface area contributed by atoms with E-state index < -0.39 is 23.6 Å². The fourth-order valence-electron chi connectivity index (χ4n) is 3.58. The molecule has 0 saturated heterocycles. The van der Waals surface area contributed by atoms with Gasteiger partial charge in [-0.15, -0.1) is 0 Å². The first-order valence-corrected chi connectivity index (χ1v) is 10.8. The zero-order chi connectivity index (χ0) is 24.2. The number of aryl methyl sites for hydroxylation is 2. The standard InChI is InChI=1S/C24H24F2N6O2/c1-15(5-4-8-34-23-12-27-20(11-28-23)21-13-31(3)14-29-21)24(33)32-22(6-7-30-32)17-10-18(25)16(2)9-19(17)26/h7,9-14,22H,1,4-6,8H2,2-3H3. The Morgan fingerprint density at radius 3 is 2.71 bits per heavy atom. The fourth-order valence-corrected chi connectivity index (χ4v) is 3.58. The van der Waals surface area contributed by atoms with Gasteiger partial charge in [0, 0.05) is 37.0 Å². The van der Waals surface area contributed by atoms with E-state index in [9.17, 15) is 13.6 Å². The molecule has 0 bridgehead atoms. The van der Waals surface area contributed by atoms with E-state index in [2.05, 4.69) is 26.6 Å². The summed E-state index contributed by atoms with van der Waals surface area (Å²) >= 11 is 0. The van der Waals surface area contributed by atoms with Crippen molar-refractivity contribution in [1.29, 1.82) is 0 Å². The molecule has 0 aliphatic carbocycles. The summed E-state index contributed by atoms with van der Waals surface area (Å²) in [5.74, 6) is -1.17. The highest BCUT2D eigenvalue weighted by molar-refractivity contribution is 5.94. The molecule has 0 fully saturated rings. The number of hydrogen-bond donors (Lipinski definition) is 0. The van der Waals surface area contributed by atoms with Crippen molar-refractivity contribution in [3.8, 4) is 17.3 Å². The zero-order valence-corrected chi connectivity index (χ0v) is 18.9. The van der Waals surface area contributed by atoms with Crippen molar-refractivity contribution >= 4 is 12.1 Å². The maximum absolute atomic E-state index is 14.4. The van der Waals surface area contributed by atoms with Crippen molar-refractivity contribution in [1.82, 2.24) is 24.5 Å². The third-order valence-corrected chi connectivity index (χ3v) is 5.45. The molecule has 3 heterocycles. The van der Waals surface area contributed by atoms with Crippen LogP contribution in [0.3, 0.4) is 0 Å². The van der Waals surface area contributed by atoms with Crippen molar-refractivity contribution in [2.45, 2.75) is 32.2 Å². The number of amides is 1. The predicted octanol–water partition coefficient (Wildman–Crippen LogP) is 4.14. The summed E-state index contributed by atoms with van der Waals surface area (Å²) in [5, 5.41) is 5.24. The average Bonchev–Trinajstić information content (AvgIpc) is 3.48. The minimum atomic E-state index is -0.705. The van der Waals surface area contributed by atoms with E-state index in [1.807, 2.05) is 17.8 Å². The predicted molar refractivity (Wildman–Crippen MR) is 122 cm³/mol. The third kappa shape index (κ3) is 5.00. The maximum atomic E-state index is 14.4. The first-order chi connectivity index (χ1) is 16.3. The molecule has 1 atom stereocenters. The van der Waals surface area contributed by atoms with E-state index in [1.165, 1.54) is 19.3 Å². The van der Waals surface area contributed by atoms with Crippen LogP contribution in [-0.4, -0.2) is 43.3 Å².